The normalized spacial score (nSPS) is 11.1. The summed E-state index contributed by atoms with van der Waals surface area (Å²) in [7, 11) is 0. The van der Waals surface area contributed by atoms with Crippen molar-refractivity contribution in [3.8, 4) is 11.3 Å². The van der Waals surface area contributed by atoms with Gasteiger partial charge in [-0.25, -0.2) is 4.98 Å². The van der Waals surface area contributed by atoms with E-state index in [0.29, 0.717) is 5.82 Å². The minimum absolute atomic E-state index is 0.584. The number of hydrogen-bond acceptors (Lipinski definition) is 2. The highest BCUT2D eigenvalue weighted by atomic mass is 14.8. The summed E-state index contributed by atoms with van der Waals surface area (Å²) in [5, 5.41) is 4.55. The van der Waals surface area contributed by atoms with Gasteiger partial charge in [0.25, 0.3) is 0 Å². The maximum atomic E-state index is 6.18. The minimum Gasteiger partial charge on any atom is -0.383 e. The highest BCUT2D eigenvalue weighted by Gasteiger charge is 2.08. The standard InChI is InChI=1S/C20H16N2/c1-13-9-10-17-15(11-13)12-19(22-20(17)21)18-8-4-6-14-5-2-3-7-16(14)18/h2-12H,1H3,(H2,21,22). The van der Waals surface area contributed by atoms with Crippen LogP contribution in [0.5, 0.6) is 0 Å². The summed E-state index contributed by atoms with van der Waals surface area (Å²) in [6.45, 7) is 2.09. The van der Waals surface area contributed by atoms with E-state index in [1.54, 1.807) is 0 Å². The molecule has 0 aliphatic carbocycles. The Morgan fingerprint density at radius 3 is 2.50 bits per heavy atom. The van der Waals surface area contributed by atoms with E-state index in [9.17, 15) is 0 Å². The molecule has 0 aliphatic heterocycles. The highest BCUT2D eigenvalue weighted by Crippen LogP contribution is 2.31. The molecule has 2 nitrogen and oxygen atoms in total. The number of rotatable bonds is 1. The zero-order valence-electron chi connectivity index (χ0n) is 12.4. The average Bonchev–Trinajstić information content (AvgIpc) is 2.53. The second-order valence-corrected chi connectivity index (χ2v) is 5.64. The highest BCUT2D eigenvalue weighted by molar-refractivity contribution is 6.00. The molecule has 0 saturated heterocycles. The number of nitrogen functional groups attached to an aromatic ring is 1. The fraction of sp³-hybridized carbons (Fsp3) is 0.0500. The van der Waals surface area contributed by atoms with Crippen LogP contribution in [0.1, 0.15) is 5.56 Å². The summed E-state index contributed by atoms with van der Waals surface area (Å²) < 4.78 is 0. The summed E-state index contributed by atoms with van der Waals surface area (Å²) in [6, 6.07) is 23.0. The Hall–Kier alpha value is -2.87. The van der Waals surface area contributed by atoms with Crippen molar-refractivity contribution in [2.45, 2.75) is 6.92 Å². The first-order chi connectivity index (χ1) is 10.7. The van der Waals surface area contributed by atoms with Crippen molar-refractivity contribution in [3.05, 3.63) is 72.3 Å². The first-order valence-corrected chi connectivity index (χ1v) is 7.37. The lowest BCUT2D eigenvalue weighted by atomic mass is 10.00. The maximum absolute atomic E-state index is 6.18. The van der Waals surface area contributed by atoms with E-state index in [1.807, 2.05) is 6.07 Å². The molecule has 0 unspecified atom stereocenters. The van der Waals surface area contributed by atoms with Crippen LogP contribution in [-0.2, 0) is 0 Å². The van der Waals surface area contributed by atoms with Crippen molar-refractivity contribution in [1.29, 1.82) is 0 Å². The molecule has 2 N–H and O–H groups in total. The minimum atomic E-state index is 0.584. The van der Waals surface area contributed by atoms with Gasteiger partial charge in [-0.1, -0.05) is 66.2 Å². The smallest absolute Gasteiger partial charge is 0.131 e. The third-order valence-corrected chi connectivity index (χ3v) is 4.08. The van der Waals surface area contributed by atoms with Gasteiger partial charge in [-0.2, -0.15) is 0 Å². The zero-order valence-corrected chi connectivity index (χ0v) is 12.4. The maximum Gasteiger partial charge on any atom is 0.131 e. The van der Waals surface area contributed by atoms with Gasteiger partial charge in [0.1, 0.15) is 5.82 Å². The van der Waals surface area contributed by atoms with E-state index < -0.39 is 0 Å². The van der Waals surface area contributed by atoms with Gasteiger partial charge in [0.2, 0.25) is 0 Å². The molecule has 1 aromatic heterocycles. The lowest BCUT2D eigenvalue weighted by molar-refractivity contribution is 1.36. The quantitative estimate of drug-likeness (QED) is 0.537. The Morgan fingerprint density at radius 2 is 1.59 bits per heavy atom. The number of hydrogen-bond donors (Lipinski definition) is 1. The number of aryl methyl sites for hydroxylation is 1. The van der Waals surface area contributed by atoms with Gasteiger partial charge in [0, 0.05) is 10.9 Å². The molecule has 0 amide bonds. The Bertz CT molecular complexity index is 998. The second kappa shape index (κ2) is 4.85. The summed E-state index contributed by atoms with van der Waals surface area (Å²) in [6.07, 6.45) is 0. The molecule has 3 aromatic carbocycles. The molecule has 106 valence electrons. The monoisotopic (exact) mass is 284 g/mol. The van der Waals surface area contributed by atoms with Gasteiger partial charge in [-0.15, -0.1) is 0 Å². The third kappa shape index (κ3) is 2.01. The van der Waals surface area contributed by atoms with Crippen LogP contribution in [0.25, 0.3) is 32.8 Å². The molecule has 4 rings (SSSR count). The fourth-order valence-corrected chi connectivity index (χ4v) is 2.99. The molecular weight excluding hydrogens is 268 g/mol. The number of aromatic nitrogens is 1. The fourth-order valence-electron chi connectivity index (χ4n) is 2.99. The molecule has 0 aliphatic rings. The molecule has 0 bridgehead atoms. The zero-order chi connectivity index (χ0) is 15.1. The van der Waals surface area contributed by atoms with Crippen molar-refractivity contribution in [3.63, 3.8) is 0 Å². The van der Waals surface area contributed by atoms with Crippen LogP contribution in [-0.4, -0.2) is 4.98 Å². The molecule has 22 heavy (non-hydrogen) atoms. The molecule has 0 atom stereocenters. The SMILES string of the molecule is Cc1ccc2c(N)nc(-c3cccc4ccccc34)cc2c1. The van der Waals surface area contributed by atoms with Crippen LogP contribution in [0.2, 0.25) is 0 Å². The van der Waals surface area contributed by atoms with Crippen molar-refractivity contribution < 1.29 is 0 Å². The molecule has 1 heterocycles. The third-order valence-electron chi connectivity index (χ3n) is 4.08. The molecule has 4 aromatic rings. The predicted octanol–water partition coefficient (Wildman–Crippen LogP) is 4.95. The average molecular weight is 284 g/mol. The van der Waals surface area contributed by atoms with Gasteiger partial charge in [-0.3, -0.25) is 0 Å². The van der Waals surface area contributed by atoms with E-state index >= 15 is 0 Å². The van der Waals surface area contributed by atoms with E-state index in [4.69, 9.17) is 5.73 Å². The lowest BCUT2D eigenvalue weighted by Crippen LogP contribution is -1.95. The van der Waals surface area contributed by atoms with E-state index in [-0.39, 0.29) is 0 Å². The van der Waals surface area contributed by atoms with Crippen LogP contribution in [0, 0.1) is 6.92 Å². The van der Waals surface area contributed by atoms with Gasteiger partial charge in [0.15, 0.2) is 0 Å². The molecule has 0 spiro atoms. The second-order valence-electron chi connectivity index (χ2n) is 5.64. The van der Waals surface area contributed by atoms with E-state index in [2.05, 4.69) is 72.6 Å². The van der Waals surface area contributed by atoms with Gasteiger partial charge in [-0.05, 0) is 29.1 Å². The number of nitrogens with zero attached hydrogens (tertiary/aromatic N) is 1. The van der Waals surface area contributed by atoms with E-state index in [1.165, 1.54) is 16.3 Å². The number of anilines is 1. The number of fused-ring (bicyclic) bond motifs is 2. The van der Waals surface area contributed by atoms with Gasteiger partial charge < -0.3 is 5.73 Å². The van der Waals surface area contributed by atoms with Gasteiger partial charge in [0.05, 0.1) is 5.69 Å². The Labute approximate surface area is 129 Å². The Morgan fingerprint density at radius 1 is 0.773 bits per heavy atom. The largest absolute Gasteiger partial charge is 0.383 e. The number of nitrogens with two attached hydrogens (primary N) is 1. The summed E-state index contributed by atoms with van der Waals surface area (Å²) in [5.41, 5.74) is 9.44. The Balaban J connectivity index is 2.04. The summed E-state index contributed by atoms with van der Waals surface area (Å²) in [4.78, 5) is 4.63. The summed E-state index contributed by atoms with van der Waals surface area (Å²) >= 11 is 0. The van der Waals surface area contributed by atoms with Crippen molar-refractivity contribution in [2.75, 3.05) is 5.73 Å². The first-order valence-electron chi connectivity index (χ1n) is 7.37. The van der Waals surface area contributed by atoms with E-state index in [0.717, 1.165) is 22.0 Å². The topological polar surface area (TPSA) is 38.9 Å². The number of pyridine rings is 1. The van der Waals surface area contributed by atoms with Gasteiger partial charge >= 0.3 is 0 Å². The van der Waals surface area contributed by atoms with Crippen LogP contribution in [0.15, 0.2) is 66.7 Å². The van der Waals surface area contributed by atoms with Crippen molar-refractivity contribution >= 4 is 27.4 Å². The van der Waals surface area contributed by atoms with Crippen molar-refractivity contribution in [1.82, 2.24) is 4.98 Å². The molecular formula is C20H16N2. The first kappa shape index (κ1) is 12.8. The molecule has 2 heteroatoms. The predicted molar refractivity (Wildman–Crippen MR) is 93.8 cm³/mol. The van der Waals surface area contributed by atoms with Crippen LogP contribution < -0.4 is 5.73 Å². The van der Waals surface area contributed by atoms with Crippen molar-refractivity contribution in [2.24, 2.45) is 0 Å². The molecule has 0 radical (unpaired) electrons. The lowest BCUT2D eigenvalue weighted by Gasteiger charge is -2.10. The summed E-state index contributed by atoms with van der Waals surface area (Å²) in [5.74, 6) is 0.584. The van der Waals surface area contributed by atoms with Crippen LogP contribution in [0.4, 0.5) is 5.82 Å². The van der Waals surface area contributed by atoms with Crippen LogP contribution in [0.3, 0.4) is 0 Å². The number of benzene rings is 3. The molecule has 0 fully saturated rings. The molecule has 0 saturated carbocycles. The van der Waals surface area contributed by atoms with Crippen LogP contribution >= 0.6 is 0 Å². The Kier molecular flexibility index (Phi) is 2.83.